The lowest BCUT2D eigenvalue weighted by Gasteiger charge is -2.33. The molecule has 3 nitrogen and oxygen atoms in total. The molecule has 4 rings (SSSR count). The van der Waals surface area contributed by atoms with Crippen LogP contribution in [0.25, 0.3) is 10.9 Å². The summed E-state index contributed by atoms with van der Waals surface area (Å²) < 4.78 is 39.8. The molecule has 0 atom stereocenters. The average Bonchev–Trinajstić information content (AvgIpc) is 3.11. The minimum absolute atomic E-state index is 0.103. The first-order valence-corrected chi connectivity index (χ1v) is 8.96. The van der Waals surface area contributed by atoms with Crippen LogP contribution in [-0.4, -0.2) is 28.9 Å². The molecule has 3 aromatic rings. The molecule has 6 heteroatoms. The monoisotopic (exact) mass is 372 g/mol. The summed E-state index contributed by atoms with van der Waals surface area (Å²) in [6.45, 7) is 0.899. The van der Waals surface area contributed by atoms with Gasteiger partial charge in [-0.05, 0) is 42.5 Å². The fourth-order valence-electron chi connectivity index (χ4n) is 3.86. The molecule has 0 radical (unpaired) electrons. The highest BCUT2D eigenvalue weighted by atomic mass is 19.4. The number of nitrogens with one attached hydrogen (secondary N) is 1. The van der Waals surface area contributed by atoms with Gasteiger partial charge in [0.25, 0.3) is 5.91 Å². The Hall–Kier alpha value is -2.76. The number of amides is 1. The van der Waals surface area contributed by atoms with E-state index in [9.17, 15) is 18.0 Å². The van der Waals surface area contributed by atoms with Crippen LogP contribution in [0.4, 0.5) is 13.2 Å². The van der Waals surface area contributed by atoms with Gasteiger partial charge in [-0.25, -0.2) is 0 Å². The minimum Gasteiger partial charge on any atom is -0.351 e. The highest BCUT2D eigenvalue weighted by Crippen LogP contribution is 2.38. The van der Waals surface area contributed by atoms with Crippen molar-refractivity contribution in [3.63, 3.8) is 0 Å². The molecule has 1 saturated heterocycles. The quantitative estimate of drug-likeness (QED) is 0.659. The first-order chi connectivity index (χ1) is 12.9. The number of carbonyl (C=O) groups is 1. The maximum Gasteiger partial charge on any atom is 0.416 e. The van der Waals surface area contributed by atoms with Crippen molar-refractivity contribution in [2.24, 2.45) is 0 Å². The number of carbonyl (C=O) groups excluding carboxylic acids is 1. The lowest BCUT2D eigenvalue weighted by atomic mass is 9.86. The van der Waals surface area contributed by atoms with Gasteiger partial charge in [0.05, 0.1) is 5.56 Å². The summed E-state index contributed by atoms with van der Waals surface area (Å²) >= 11 is 0. The molecular formula is C21H19F3N2O. The maximum absolute atomic E-state index is 13.3. The van der Waals surface area contributed by atoms with Gasteiger partial charge in [-0.1, -0.05) is 36.4 Å². The van der Waals surface area contributed by atoms with Gasteiger partial charge in [0.1, 0.15) is 5.69 Å². The molecule has 1 aromatic heterocycles. The molecule has 1 aliphatic rings. The number of H-pyrrole nitrogens is 1. The number of piperidine rings is 1. The Kier molecular flexibility index (Phi) is 4.42. The number of benzene rings is 2. The lowest BCUT2D eigenvalue weighted by Crippen LogP contribution is -2.38. The van der Waals surface area contributed by atoms with Crippen LogP contribution in [-0.2, 0) is 6.18 Å². The van der Waals surface area contributed by atoms with Crippen molar-refractivity contribution in [3.05, 3.63) is 71.4 Å². The van der Waals surface area contributed by atoms with Gasteiger partial charge in [0.2, 0.25) is 0 Å². The highest BCUT2D eigenvalue weighted by Gasteiger charge is 2.36. The summed E-state index contributed by atoms with van der Waals surface area (Å²) in [6.07, 6.45) is -3.30. The van der Waals surface area contributed by atoms with E-state index in [1.807, 2.05) is 30.3 Å². The number of hydrogen-bond donors (Lipinski definition) is 1. The van der Waals surface area contributed by atoms with Crippen LogP contribution in [0.15, 0.2) is 54.6 Å². The van der Waals surface area contributed by atoms with E-state index in [4.69, 9.17) is 0 Å². The SMILES string of the molecule is O=C(c1cc2ccccc2[nH]1)N1CCC(c2ccccc2C(F)(F)F)CC1. The molecule has 0 aliphatic carbocycles. The number of likely N-dealkylation sites (tertiary alicyclic amines) is 1. The van der Waals surface area contributed by atoms with E-state index < -0.39 is 11.7 Å². The van der Waals surface area contributed by atoms with E-state index in [-0.39, 0.29) is 11.8 Å². The van der Waals surface area contributed by atoms with Crippen molar-refractivity contribution in [2.45, 2.75) is 24.9 Å². The molecular weight excluding hydrogens is 353 g/mol. The Bertz CT molecular complexity index is 936. The van der Waals surface area contributed by atoms with Gasteiger partial charge < -0.3 is 9.88 Å². The molecule has 2 aromatic carbocycles. The number of halogens is 3. The normalized spacial score (nSPS) is 16.0. The maximum atomic E-state index is 13.3. The Balaban J connectivity index is 1.49. The third kappa shape index (κ3) is 3.44. The number of para-hydroxylation sites is 1. The molecule has 0 bridgehead atoms. The number of aromatic amines is 1. The first-order valence-electron chi connectivity index (χ1n) is 8.96. The highest BCUT2D eigenvalue weighted by molar-refractivity contribution is 5.98. The Morgan fingerprint density at radius 1 is 1.00 bits per heavy atom. The van der Waals surface area contributed by atoms with Crippen LogP contribution in [0.5, 0.6) is 0 Å². The molecule has 140 valence electrons. The molecule has 0 unspecified atom stereocenters. The second-order valence-corrected chi connectivity index (χ2v) is 6.92. The van der Waals surface area contributed by atoms with E-state index in [2.05, 4.69) is 4.98 Å². The van der Waals surface area contributed by atoms with Gasteiger partial charge in [-0.2, -0.15) is 13.2 Å². The van der Waals surface area contributed by atoms with Crippen LogP contribution >= 0.6 is 0 Å². The summed E-state index contributed by atoms with van der Waals surface area (Å²) in [4.78, 5) is 17.6. The molecule has 0 spiro atoms. The summed E-state index contributed by atoms with van der Waals surface area (Å²) in [5, 5.41) is 0.967. The predicted molar refractivity (Wildman–Crippen MR) is 97.6 cm³/mol. The number of aromatic nitrogens is 1. The summed E-state index contributed by atoms with van der Waals surface area (Å²) in [7, 11) is 0. The van der Waals surface area contributed by atoms with E-state index in [0.717, 1.165) is 17.0 Å². The third-order valence-corrected chi connectivity index (χ3v) is 5.25. The number of nitrogens with zero attached hydrogens (tertiary/aromatic N) is 1. The minimum atomic E-state index is -4.35. The molecule has 1 N–H and O–H groups in total. The van der Waals surface area contributed by atoms with Crippen molar-refractivity contribution in [3.8, 4) is 0 Å². The number of hydrogen-bond acceptors (Lipinski definition) is 1. The fraction of sp³-hybridized carbons (Fsp3) is 0.286. The molecule has 1 aliphatic heterocycles. The number of fused-ring (bicyclic) bond motifs is 1. The van der Waals surface area contributed by atoms with Gasteiger partial charge >= 0.3 is 6.18 Å². The van der Waals surface area contributed by atoms with Crippen LogP contribution in [0.3, 0.4) is 0 Å². The fourth-order valence-corrected chi connectivity index (χ4v) is 3.86. The van der Waals surface area contributed by atoms with Gasteiger partial charge in [0, 0.05) is 24.0 Å². The van der Waals surface area contributed by atoms with E-state index in [1.165, 1.54) is 6.07 Å². The summed E-state index contributed by atoms with van der Waals surface area (Å²) in [5.41, 5.74) is 1.19. The standard InChI is InChI=1S/C21H19F3N2O/c22-21(23,24)17-7-3-2-6-16(17)14-9-11-26(12-10-14)20(27)19-13-15-5-1-4-8-18(15)25-19/h1-8,13-14,25H,9-12H2. The van der Waals surface area contributed by atoms with E-state index >= 15 is 0 Å². The number of alkyl halides is 3. The summed E-state index contributed by atoms with van der Waals surface area (Å²) in [5.74, 6) is -0.289. The van der Waals surface area contributed by atoms with Crippen LogP contribution in [0.1, 0.15) is 40.4 Å². The smallest absolute Gasteiger partial charge is 0.351 e. The van der Waals surface area contributed by atoms with Crippen LogP contribution in [0, 0.1) is 0 Å². The topological polar surface area (TPSA) is 36.1 Å². The number of rotatable bonds is 2. The van der Waals surface area contributed by atoms with Crippen LogP contribution in [0.2, 0.25) is 0 Å². The van der Waals surface area contributed by atoms with Crippen molar-refractivity contribution >= 4 is 16.8 Å². The average molecular weight is 372 g/mol. The molecule has 0 saturated carbocycles. The Morgan fingerprint density at radius 3 is 2.37 bits per heavy atom. The van der Waals surface area contributed by atoms with Crippen molar-refractivity contribution in [1.82, 2.24) is 9.88 Å². The largest absolute Gasteiger partial charge is 0.416 e. The molecule has 2 heterocycles. The third-order valence-electron chi connectivity index (χ3n) is 5.25. The second kappa shape index (κ2) is 6.76. The summed E-state index contributed by atoms with van der Waals surface area (Å²) in [6, 6.07) is 15.2. The van der Waals surface area contributed by atoms with Crippen LogP contribution < -0.4 is 0 Å². The Labute approximate surface area is 154 Å². The van der Waals surface area contributed by atoms with Crippen molar-refractivity contribution < 1.29 is 18.0 Å². The van der Waals surface area contributed by atoms with E-state index in [1.54, 1.807) is 17.0 Å². The first kappa shape index (κ1) is 17.6. The predicted octanol–water partition coefficient (Wildman–Crippen LogP) is 5.21. The molecule has 27 heavy (non-hydrogen) atoms. The van der Waals surface area contributed by atoms with E-state index in [0.29, 0.717) is 37.2 Å². The second-order valence-electron chi connectivity index (χ2n) is 6.92. The zero-order chi connectivity index (χ0) is 19.0. The van der Waals surface area contributed by atoms with Gasteiger partial charge in [0.15, 0.2) is 0 Å². The molecule has 1 fully saturated rings. The molecule has 1 amide bonds. The van der Waals surface area contributed by atoms with Gasteiger partial charge in [-0.15, -0.1) is 0 Å². The zero-order valence-corrected chi connectivity index (χ0v) is 14.6. The van der Waals surface area contributed by atoms with Crippen molar-refractivity contribution in [1.29, 1.82) is 0 Å². The lowest BCUT2D eigenvalue weighted by molar-refractivity contribution is -0.138. The zero-order valence-electron chi connectivity index (χ0n) is 14.6. The van der Waals surface area contributed by atoms with Gasteiger partial charge in [-0.3, -0.25) is 4.79 Å². The Morgan fingerprint density at radius 2 is 1.67 bits per heavy atom. The van der Waals surface area contributed by atoms with Crippen molar-refractivity contribution in [2.75, 3.05) is 13.1 Å².